The second-order valence-electron chi connectivity index (χ2n) is 6.41. The van der Waals surface area contributed by atoms with Gasteiger partial charge in [-0.1, -0.05) is 37.0 Å². The highest BCUT2D eigenvalue weighted by atomic mass is 32.1. The van der Waals surface area contributed by atoms with E-state index in [-0.39, 0.29) is 16.9 Å². The molecular formula is C22H20F2N2O2S. The van der Waals surface area contributed by atoms with E-state index in [1.165, 1.54) is 10.6 Å². The fourth-order valence-corrected chi connectivity index (χ4v) is 3.91. The zero-order chi connectivity index (χ0) is 20.8. The van der Waals surface area contributed by atoms with Crippen molar-refractivity contribution in [3.63, 3.8) is 0 Å². The van der Waals surface area contributed by atoms with Gasteiger partial charge in [0, 0.05) is 11.6 Å². The molecule has 0 spiro atoms. The fraction of sp³-hybridized carbons (Fsp3) is 0.273. The Morgan fingerprint density at radius 2 is 2.00 bits per heavy atom. The molecule has 0 radical (unpaired) electrons. The first-order valence-electron chi connectivity index (χ1n) is 9.27. The number of carbonyl (C=O) groups is 1. The summed E-state index contributed by atoms with van der Waals surface area (Å²) in [6, 6.07) is 8.66. The highest BCUT2D eigenvalue weighted by molar-refractivity contribution is 7.16. The van der Waals surface area contributed by atoms with Gasteiger partial charge in [-0.2, -0.15) is 4.99 Å². The Hall–Kier alpha value is -2.98. The summed E-state index contributed by atoms with van der Waals surface area (Å²) in [5.74, 6) is 1.15. The molecule has 1 heterocycles. The molecule has 3 rings (SSSR count). The van der Waals surface area contributed by atoms with E-state index in [1.54, 1.807) is 24.3 Å². The van der Waals surface area contributed by atoms with Gasteiger partial charge >= 0.3 is 0 Å². The van der Waals surface area contributed by atoms with Gasteiger partial charge in [-0.05, 0) is 36.8 Å². The first-order chi connectivity index (χ1) is 14.0. The SMILES string of the molecule is C#CCn1c(=NC(=O)c2ccc(OCCCCC)cc2)sc2cc(F)cc(F)c21. The standard InChI is InChI=1S/C22H20F2N2O2S/c1-3-5-6-12-28-17-9-7-15(8-10-17)21(27)25-22-26(11-4-2)20-18(24)13-16(23)14-19(20)29-22/h2,7-10,13-14H,3,5-6,11-12H2,1H3. The molecule has 150 valence electrons. The van der Waals surface area contributed by atoms with Gasteiger partial charge in [0.2, 0.25) is 0 Å². The first-order valence-corrected chi connectivity index (χ1v) is 10.1. The first kappa shape index (κ1) is 20.7. The highest BCUT2D eigenvalue weighted by Gasteiger charge is 2.14. The molecule has 0 aliphatic carbocycles. The topological polar surface area (TPSA) is 43.6 Å². The number of thiazole rings is 1. The number of halogens is 2. The summed E-state index contributed by atoms with van der Waals surface area (Å²) in [5, 5.41) is 0. The molecule has 2 aromatic carbocycles. The van der Waals surface area contributed by atoms with Crippen LogP contribution in [0.4, 0.5) is 8.78 Å². The third kappa shape index (κ3) is 4.90. The number of aromatic nitrogens is 1. The number of fused-ring (bicyclic) bond motifs is 1. The van der Waals surface area contributed by atoms with Gasteiger partial charge in [-0.25, -0.2) is 8.78 Å². The predicted octanol–water partition coefficient (Wildman–Crippen LogP) is 4.92. The second kappa shape index (κ2) is 9.48. The third-order valence-electron chi connectivity index (χ3n) is 4.26. The molecule has 0 saturated carbocycles. The van der Waals surface area contributed by atoms with Crippen LogP contribution in [0, 0.1) is 24.0 Å². The largest absolute Gasteiger partial charge is 0.494 e. The molecule has 0 unspecified atom stereocenters. The number of nitrogens with zero attached hydrogens (tertiary/aromatic N) is 2. The minimum absolute atomic E-state index is 0.0131. The Bertz CT molecular complexity index is 1120. The number of rotatable bonds is 7. The quantitative estimate of drug-likeness (QED) is 0.407. The summed E-state index contributed by atoms with van der Waals surface area (Å²) < 4.78 is 35.1. The Morgan fingerprint density at radius 1 is 1.24 bits per heavy atom. The number of hydrogen-bond donors (Lipinski definition) is 0. The van der Waals surface area contributed by atoms with E-state index < -0.39 is 17.5 Å². The lowest BCUT2D eigenvalue weighted by Crippen LogP contribution is -2.17. The lowest BCUT2D eigenvalue weighted by atomic mass is 10.2. The number of benzene rings is 2. The minimum atomic E-state index is -0.745. The Labute approximate surface area is 171 Å². The molecule has 0 atom stereocenters. The zero-order valence-corrected chi connectivity index (χ0v) is 16.8. The van der Waals surface area contributed by atoms with Crippen LogP contribution in [0.2, 0.25) is 0 Å². The molecule has 0 bridgehead atoms. The van der Waals surface area contributed by atoms with E-state index in [9.17, 15) is 13.6 Å². The van der Waals surface area contributed by atoms with Gasteiger partial charge < -0.3 is 9.30 Å². The van der Waals surface area contributed by atoms with Gasteiger partial charge in [-0.3, -0.25) is 4.79 Å². The molecule has 4 nitrogen and oxygen atoms in total. The lowest BCUT2D eigenvalue weighted by molar-refractivity contribution is 0.0998. The summed E-state index contributed by atoms with van der Waals surface area (Å²) in [4.78, 5) is 16.9. The van der Waals surface area contributed by atoms with Crippen molar-refractivity contribution >= 4 is 27.5 Å². The van der Waals surface area contributed by atoms with Gasteiger partial charge in [-0.15, -0.1) is 6.42 Å². The van der Waals surface area contributed by atoms with Crippen molar-refractivity contribution in [3.8, 4) is 18.1 Å². The maximum atomic E-state index is 14.2. The summed E-state index contributed by atoms with van der Waals surface area (Å²) >= 11 is 1.01. The predicted molar refractivity (Wildman–Crippen MR) is 110 cm³/mol. The Kier molecular flexibility index (Phi) is 6.78. The van der Waals surface area contributed by atoms with Crippen molar-refractivity contribution in [2.75, 3.05) is 6.61 Å². The van der Waals surface area contributed by atoms with E-state index in [0.717, 1.165) is 36.7 Å². The third-order valence-corrected chi connectivity index (χ3v) is 5.29. The molecule has 0 aliphatic rings. The monoisotopic (exact) mass is 414 g/mol. The molecule has 0 saturated heterocycles. The van der Waals surface area contributed by atoms with Crippen molar-refractivity contribution in [2.45, 2.75) is 32.7 Å². The molecular weight excluding hydrogens is 394 g/mol. The van der Waals surface area contributed by atoms with Crippen LogP contribution in [0.1, 0.15) is 36.5 Å². The van der Waals surface area contributed by atoms with Crippen LogP contribution >= 0.6 is 11.3 Å². The molecule has 29 heavy (non-hydrogen) atoms. The summed E-state index contributed by atoms with van der Waals surface area (Å²) in [7, 11) is 0. The average Bonchev–Trinajstić information content (AvgIpc) is 3.03. The number of amides is 1. The number of ether oxygens (including phenoxy) is 1. The average molecular weight is 414 g/mol. The lowest BCUT2D eigenvalue weighted by Gasteiger charge is -2.05. The molecule has 3 aromatic rings. The number of hydrogen-bond acceptors (Lipinski definition) is 3. The summed E-state index contributed by atoms with van der Waals surface area (Å²) in [6.45, 7) is 2.76. The van der Waals surface area contributed by atoms with Crippen molar-refractivity contribution < 1.29 is 18.3 Å². The maximum absolute atomic E-state index is 14.2. The van der Waals surface area contributed by atoms with E-state index >= 15 is 0 Å². The van der Waals surface area contributed by atoms with E-state index in [1.807, 2.05) is 0 Å². The smallest absolute Gasteiger partial charge is 0.279 e. The second-order valence-corrected chi connectivity index (χ2v) is 7.42. The van der Waals surface area contributed by atoms with Crippen LogP contribution in [0.25, 0.3) is 10.2 Å². The van der Waals surface area contributed by atoms with E-state index in [4.69, 9.17) is 11.2 Å². The van der Waals surface area contributed by atoms with Gasteiger partial charge in [0.25, 0.3) is 5.91 Å². The van der Waals surface area contributed by atoms with Crippen LogP contribution in [0.5, 0.6) is 5.75 Å². The molecule has 1 amide bonds. The maximum Gasteiger partial charge on any atom is 0.279 e. The Morgan fingerprint density at radius 3 is 2.69 bits per heavy atom. The number of terminal acetylenes is 1. The Balaban J connectivity index is 1.89. The highest BCUT2D eigenvalue weighted by Crippen LogP contribution is 2.22. The van der Waals surface area contributed by atoms with Crippen LogP contribution < -0.4 is 9.54 Å². The van der Waals surface area contributed by atoms with Crippen LogP contribution in [-0.2, 0) is 6.54 Å². The molecule has 0 N–H and O–H groups in total. The summed E-state index contributed by atoms with van der Waals surface area (Å²) in [6.07, 6.45) is 8.57. The normalized spacial score (nSPS) is 11.6. The van der Waals surface area contributed by atoms with Gasteiger partial charge in [0.15, 0.2) is 10.6 Å². The van der Waals surface area contributed by atoms with Crippen LogP contribution in [-0.4, -0.2) is 17.1 Å². The van der Waals surface area contributed by atoms with Crippen LogP contribution in [0.3, 0.4) is 0 Å². The number of carbonyl (C=O) groups excluding carboxylic acids is 1. The van der Waals surface area contributed by atoms with E-state index in [2.05, 4.69) is 17.8 Å². The fourth-order valence-electron chi connectivity index (χ4n) is 2.84. The van der Waals surface area contributed by atoms with E-state index in [0.29, 0.717) is 22.6 Å². The van der Waals surface area contributed by atoms with Crippen molar-refractivity contribution in [3.05, 3.63) is 58.4 Å². The van der Waals surface area contributed by atoms with Gasteiger partial charge in [0.1, 0.15) is 11.6 Å². The van der Waals surface area contributed by atoms with Crippen molar-refractivity contribution in [1.82, 2.24) is 4.57 Å². The minimum Gasteiger partial charge on any atom is -0.494 e. The molecule has 7 heteroatoms. The zero-order valence-electron chi connectivity index (χ0n) is 16.0. The number of unbranched alkanes of at least 4 members (excludes halogenated alkanes) is 2. The van der Waals surface area contributed by atoms with Crippen LogP contribution in [0.15, 0.2) is 41.4 Å². The molecule has 1 aromatic heterocycles. The summed E-state index contributed by atoms with van der Waals surface area (Å²) in [5.41, 5.74) is 0.499. The van der Waals surface area contributed by atoms with Crippen molar-refractivity contribution in [2.24, 2.45) is 4.99 Å². The van der Waals surface area contributed by atoms with Crippen molar-refractivity contribution in [1.29, 1.82) is 0 Å². The van der Waals surface area contributed by atoms with Gasteiger partial charge in [0.05, 0.1) is 23.4 Å². The molecule has 0 fully saturated rings. The molecule has 0 aliphatic heterocycles.